The Balaban J connectivity index is 1.99. The van der Waals surface area contributed by atoms with Gasteiger partial charge in [0.25, 0.3) is 0 Å². The molecule has 1 saturated heterocycles. The Morgan fingerprint density at radius 3 is 2.52 bits per heavy atom. The first-order chi connectivity index (χ1) is 9.88. The summed E-state index contributed by atoms with van der Waals surface area (Å²) in [6.45, 7) is 9.21. The highest BCUT2D eigenvalue weighted by Crippen LogP contribution is 2.16. The van der Waals surface area contributed by atoms with Gasteiger partial charge in [-0.25, -0.2) is 0 Å². The fourth-order valence-electron chi connectivity index (χ4n) is 2.77. The molecule has 0 spiro atoms. The first kappa shape index (κ1) is 16.0. The largest absolute Gasteiger partial charge is 0.340 e. The zero-order valence-corrected chi connectivity index (χ0v) is 13.4. The lowest BCUT2D eigenvalue weighted by molar-refractivity contribution is -0.135. The molecule has 0 aliphatic carbocycles. The van der Waals surface area contributed by atoms with Crippen LogP contribution in [0.5, 0.6) is 0 Å². The van der Waals surface area contributed by atoms with E-state index in [0.29, 0.717) is 6.04 Å². The number of nitrogens with zero attached hydrogens (tertiary/aromatic N) is 2. The van der Waals surface area contributed by atoms with Crippen LogP contribution in [0.1, 0.15) is 32.8 Å². The fourth-order valence-corrected chi connectivity index (χ4v) is 2.77. The number of amides is 1. The topological polar surface area (TPSA) is 49.6 Å². The van der Waals surface area contributed by atoms with Gasteiger partial charge in [-0.1, -0.05) is 30.3 Å². The van der Waals surface area contributed by atoms with Crippen LogP contribution < -0.4 is 5.73 Å². The molecule has 4 nitrogen and oxygen atoms in total. The van der Waals surface area contributed by atoms with Crippen LogP contribution in [0, 0.1) is 0 Å². The Hall–Kier alpha value is -1.39. The van der Waals surface area contributed by atoms with Crippen LogP contribution in [0.2, 0.25) is 0 Å². The number of carbonyl (C=O) groups excluding carboxylic acids is 1. The van der Waals surface area contributed by atoms with Crippen molar-refractivity contribution in [1.82, 2.24) is 9.80 Å². The second-order valence-corrected chi connectivity index (χ2v) is 6.61. The molecule has 2 N–H and O–H groups in total. The Morgan fingerprint density at radius 2 is 1.90 bits per heavy atom. The van der Waals surface area contributed by atoms with Gasteiger partial charge >= 0.3 is 0 Å². The van der Waals surface area contributed by atoms with Crippen LogP contribution in [-0.4, -0.2) is 46.9 Å². The summed E-state index contributed by atoms with van der Waals surface area (Å²) in [5.74, 6) is 0.0521. The quantitative estimate of drug-likeness (QED) is 0.924. The van der Waals surface area contributed by atoms with Crippen LogP contribution >= 0.6 is 0 Å². The van der Waals surface area contributed by atoms with Crippen molar-refractivity contribution in [3.05, 3.63) is 35.9 Å². The van der Waals surface area contributed by atoms with E-state index in [0.717, 1.165) is 32.6 Å². The van der Waals surface area contributed by atoms with E-state index in [1.54, 1.807) is 13.8 Å². The van der Waals surface area contributed by atoms with Crippen molar-refractivity contribution in [2.45, 2.75) is 45.3 Å². The molecule has 1 aromatic rings. The first-order valence-corrected chi connectivity index (χ1v) is 7.74. The van der Waals surface area contributed by atoms with Crippen LogP contribution in [0.25, 0.3) is 0 Å². The van der Waals surface area contributed by atoms with E-state index >= 15 is 0 Å². The van der Waals surface area contributed by atoms with E-state index in [1.807, 2.05) is 11.0 Å². The lowest BCUT2D eigenvalue weighted by Crippen LogP contribution is -2.52. The molecule has 0 aromatic heterocycles. The highest BCUT2D eigenvalue weighted by molar-refractivity contribution is 5.85. The third-order valence-electron chi connectivity index (χ3n) is 4.16. The van der Waals surface area contributed by atoms with Crippen LogP contribution in [0.15, 0.2) is 30.3 Å². The molecule has 21 heavy (non-hydrogen) atoms. The highest BCUT2D eigenvalue weighted by Gasteiger charge is 2.30. The maximum absolute atomic E-state index is 12.3. The molecule has 1 unspecified atom stereocenters. The predicted molar refractivity (Wildman–Crippen MR) is 85.8 cm³/mol. The maximum Gasteiger partial charge on any atom is 0.242 e. The third-order valence-corrected chi connectivity index (χ3v) is 4.16. The Bertz CT molecular complexity index is 467. The number of nitrogens with two attached hydrogens (primary N) is 1. The molecule has 1 atom stereocenters. The monoisotopic (exact) mass is 289 g/mol. The van der Waals surface area contributed by atoms with Gasteiger partial charge in [0.1, 0.15) is 0 Å². The summed E-state index contributed by atoms with van der Waals surface area (Å²) in [4.78, 5) is 16.7. The van der Waals surface area contributed by atoms with E-state index in [1.165, 1.54) is 5.56 Å². The van der Waals surface area contributed by atoms with Crippen molar-refractivity contribution < 1.29 is 4.79 Å². The van der Waals surface area contributed by atoms with Crippen molar-refractivity contribution in [3.8, 4) is 0 Å². The molecule has 1 fully saturated rings. The first-order valence-electron chi connectivity index (χ1n) is 7.74. The molecule has 1 heterocycles. The summed E-state index contributed by atoms with van der Waals surface area (Å²) < 4.78 is 0. The van der Waals surface area contributed by atoms with E-state index in [-0.39, 0.29) is 5.91 Å². The van der Waals surface area contributed by atoms with Gasteiger partial charge in [0, 0.05) is 32.2 Å². The van der Waals surface area contributed by atoms with E-state index in [9.17, 15) is 4.79 Å². The summed E-state index contributed by atoms with van der Waals surface area (Å²) >= 11 is 0. The summed E-state index contributed by atoms with van der Waals surface area (Å²) in [6, 6.07) is 11.0. The Morgan fingerprint density at radius 1 is 1.24 bits per heavy atom. The molecular weight excluding hydrogens is 262 g/mol. The van der Waals surface area contributed by atoms with Crippen molar-refractivity contribution in [1.29, 1.82) is 0 Å². The zero-order chi connectivity index (χ0) is 15.5. The normalized spacial score (nSPS) is 21.1. The molecule has 1 aliphatic heterocycles. The van der Waals surface area contributed by atoms with Gasteiger partial charge in [-0.05, 0) is 32.8 Å². The van der Waals surface area contributed by atoms with Crippen LogP contribution in [0.4, 0.5) is 0 Å². The lowest BCUT2D eigenvalue weighted by atomic mass is 10.1. The number of benzene rings is 1. The second-order valence-electron chi connectivity index (χ2n) is 6.61. The minimum Gasteiger partial charge on any atom is -0.340 e. The van der Waals surface area contributed by atoms with Crippen LogP contribution in [-0.2, 0) is 11.3 Å². The predicted octanol–water partition coefficient (Wildman–Crippen LogP) is 1.85. The molecule has 0 saturated carbocycles. The average molecular weight is 289 g/mol. The van der Waals surface area contributed by atoms with Crippen molar-refractivity contribution in [2.75, 3.05) is 19.6 Å². The minimum absolute atomic E-state index is 0.0521. The second kappa shape index (κ2) is 6.58. The van der Waals surface area contributed by atoms with Gasteiger partial charge in [0.2, 0.25) is 5.91 Å². The van der Waals surface area contributed by atoms with Crippen molar-refractivity contribution >= 4 is 5.91 Å². The molecule has 2 rings (SSSR count). The molecule has 4 heteroatoms. The lowest BCUT2D eigenvalue weighted by Gasteiger charge is -2.28. The van der Waals surface area contributed by atoms with Gasteiger partial charge < -0.3 is 10.6 Å². The Labute approximate surface area is 127 Å². The molecule has 116 valence electrons. The molecule has 1 aliphatic rings. The Kier molecular flexibility index (Phi) is 5.01. The van der Waals surface area contributed by atoms with E-state index < -0.39 is 5.54 Å². The van der Waals surface area contributed by atoms with Gasteiger partial charge in [-0.3, -0.25) is 9.69 Å². The van der Waals surface area contributed by atoms with Crippen LogP contribution in [0.3, 0.4) is 0 Å². The minimum atomic E-state index is -0.780. The van der Waals surface area contributed by atoms with Gasteiger partial charge in [0.15, 0.2) is 0 Å². The van der Waals surface area contributed by atoms with Gasteiger partial charge in [-0.15, -0.1) is 0 Å². The summed E-state index contributed by atoms with van der Waals surface area (Å²) in [5, 5.41) is 0. The highest BCUT2D eigenvalue weighted by atomic mass is 16.2. The third kappa shape index (κ3) is 4.29. The number of rotatable bonds is 3. The van der Waals surface area contributed by atoms with E-state index in [4.69, 9.17) is 5.73 Å². The van der Waals surface area contributed by atoms with Gasteiger partial charge in [-0.2, -0.15) is 0 Å². The SMILES string of the molecule is CC1CCN(C(=O)C(C)(C)N)CCN1Cc1ccccc1. The van der Waals surface area contributed by atoms with Gasteiger partial charge in [0.05, 0.1) is 5.54 Å². The number of hydrogen-bond acceptors (Lipinski definition) is 3. The number of hydrogen-bond donors (Lipinski definition) is 1. The van der Waals surface area contributed by atoms with Crippen molar-refractivity contribution in [3.63, 3.8) is 0 Å². The molecule has 0 radical (unpaired) electrons. The smallest absolute Gasteiger partial charge is 0.242 e. The molecule has 0 bridgehead atoms. The molecular formula is C17H27N3O. The summed E-state index contributed by atoms with van der Waals surface area (Å²) in [7, 11) is 0. The van der Waals surface area contributed by atoms with E-state index in [2.05, 4.69) is 36.1 Å². The zero-order valence-electron chi connectivity index (χ0n) is 13.4. The average Bonchev–Trinajstić information content (AvgIpc) is 2.61. The maximum atomic E-state index is 12.3. The standard InChI is InChI=1S/C17H27N3O/c1-14-9-10-19(16(21)17(2,3)18)11-12-20(14)13-15-7-5-4-6-8-15/h4-8,14H,9-13,18H2,1-3H3. The fraction of sp³-hybridized carbons (Fsp3) is 0.588. The summed E-state index contributed by atoms with van der Waals surface area (Å²) in [6.07, 6.45) is 0.995. The molecule has 1 amide bonds. The van der Waals surface area contributed by atoms with Crippen molar-refractivity contribution in [2.24, 2.45) is 5.73 Å². The number of carbonyl (C=O) groups is 1. The molecule has 1 aromatic carbocycles. The summed E-state index contributed by atoms with van der Waals surface area (Å²) in [5.41, 5.74) is 6.49.